The molecule has 0 spiro atoms. The fourth-order valence-electron chi connectivity index (χ4n) is 1.56. The van der Waals surface area contributed by atoms with Crippen LogP contribution in [0.15, 0.2) is 24.8 Å². The van der Waals surface area contributed by atoms with Gasteiger partial charge in [-0.25, -0.2) is 9.78 Å². The lowest BCUT2D eigenvalue weighted by molar-refractivity contribution is -0.137. The molecule has 2 aromatic heterocycles. The van der Waals surface area contributed by atoms with Crippen molar-refractivity contribution in [1.29, 1.82) is 0 Å². The second kappa shape index (κ2) is 6.36. The largest absolute Gasteiger partial charge is 0.480 e. The second-order valence-electron chi connectivity index (χ2n) is 3.99. The van der Waals surface area contributed by atoms with Gasteiger partial charge in [0.15, 0.2) is 0 Å². The maximum Gasteiger partial charge on any atom is 0.325 e. The Morgan fingerprint density at radius 2 is 2.30 bits per heavy atom. The molecule has 0 aromatic carbocycles. The van der Waals surface area contributed by atoms with E-state index in [9.17, 15) is 9.59 Å². The Morgan fingerprint density at radius 1 is 1.45 bits per heavy atom. The van der Waals surface area contributed by atoms with Crippen LogP contribution in [0.3, 0.4) is 0 Å². The number of imidazole rings is 1. The van der Waals surface area contributed by atoms with E-state index in [-0.39, 0.29) is 12.6 Å². The van der Waals surface area contributed by atoms with Gasteiger partial charge < -0.3 is 20.7 Å². The van der Waals surface area contributed by atoms with Gasteiger partial charge in [0.2, 0.25) is 0 Å². The van der Waals surface area contributed by atoms with Crippen molar-refractivity contribution < 1.29 is 14.7 Å². The van der Waals surface area contributed by atoms with E-state index in [0.717, 1.165) is 5.82 Å². The Kier molecular flexibility index (Phi) is 4.32. The molecule has 106 valence electrons. The third-order valence-corrected chi connectivity index (χ3v) is 2.39. The quantitative estimate of drug-likeness (QED) is 0.594. The molecule has 0 unspecified atom stereocenters. The van der Waals surface area contributed by atoms with E-state index in [0.29, 0.717) is 18.7 Å². The zero-order valence-corrected chi connectivity index (χ0v) is 10.5. The Balaban J connectivity index is 1.73. The standard InChI is InChI=1S/C11H14N6O3/c18-10(19)7-17-6-8(5-15-17)16-11(20)14-2-1-9-12-3-4-13-9/h3-6H,1-2,7H2,(H,12,13)(H,18,19)(H2,14,16,20). The summed E-state index contributed by atoms with van der Waals surface area (Å²) in [5.41, 5.74) is 0.432. The lowest BCUT2D eigenvalue weighted by atomic mass is 10.4. The summed E-state index contributed by atoms with van der Waals surface area (Å²) in [5, 5.41) is 17.6. The molecule has 9 heteroatoms. The molecule has 0 radical (unpaired) electrons. The monoisotopic (exact) mass is 278 g/mol. The summed E-state index contributed by atoms with van der Waals surface area (Å²) in [7, 11) is 0. The van der Waals surface area contributed by atoms with Gasteiger partial charge >= 0.3 is 12.0 Å². The number of hydrogen-bond acceptors (Lipinski definition) is 4. The number of carbonyl (C=O) groups excluding carboxylic acids is 1. The van der Waals surface area contributed by atoms with Crippen molar-refractivity contribution in [1.82, 2.24) is 25.1 Å². The summed E-state index contributed by atoms with van der Waals surface area (Å²) in [4.78, 5) is 29.0. The maximum absolute atomic E-state index is 11.6. The number of carbonyl (C=O) groups is 2. The summed E-state index contributed by atoms with van der Waals surface area (Å²) >= 11 is 0. The lowest BCUT2D eigenvalue weighted by Crippen LogP contribution is -2.30. The Morgan fingerprint density at radius 3 is 3.00 bits per heavy atom. The first-order valence-corrected chi connectivity index (χ1v) is 5.91. The van der Waals surface area contributed by atoms with Crippen LogP contribution in [0.1, 0.15) is 5.82 Å². The van der Waals surface area contributed by atoms with Crippen molar-refractivity contribution in [2.24, 2.45) is 0 Å². The highest BCUT2D eigenvalue weighted by Crippen LogP contribution is 2.04. The number of anilines is 1. The number of carboxylic acid groups (broad SMARTS) is 1. The molecule has 0 atom stereocenters. The number of aromatic amines is 1. The molecule has 0 saturated heterocycles. The number of hydrogen-bond donors (Lipinski definition) is 4. The molecule has 0 aliphatic carbocycles. The minimum Gasteiger partial charge on any atom is -0.480 e. The highest BCUT2D eigenvalue weighted by atomic mass is 16.4. The summed E-state index contributed by atoms with van der Waals surface area (Å²) in [6.45, 7) is 0.185. The second-order valence-corrected chi connectivity index (χ2v) is 3.99. The van der Waals surface area contributed by atoms with E-state index in [1.807, 2.05) is 0 Å². The van der Waals surface area contributed by atoms with Crippen molar-refractivity contribution in [3.8, 4) is 0 Å². The lowest BCUT2D eigenvalue weighted by Gasteiger charge is -2.04. The highest BCUT2D eigenvalue weighted by Gasteiger charge is 2.06. The fourth-order valence-corrected chi connectivity index (χ4v) is 1.56. The van der Waals surface area contributed by atoms with Crippen molar-refractivity contribution in [2.75, 3.05) is 11.9 Å². The molecule has 0 aliphatic rings. The average Bonchev–Trinajstić information content (AvgIpc) is 3.00. The molecule has 4 N–H and O–H groups in total. The third kappa shape index (κ3) is 4.12. The highest BCUT2D eigenvalue weighted by molar-refractivity contribution is 5.88. The van der Waals surface area contributed by atoms with E-state index in [2.05, 4.69) is 25.7 Å². The van der Waals surface area contributed by atoms with Crippen molar-refractivity contribution in [3.63, 3.8) is 0 Å². The number of H-pyrrole nitrogens is 1. The number of rotatable bonds is 6. The van der Waals surface area contributed by atoms with E-state index in [4.69, 9.17) is 5.11 Å². The third-order valence-electron chi connectivity index (χ3n) is 2.39. The predicted octanol–water partition coefficient (Wildman–Crippen LogP) is 0.0550. The first kappa shape index (κ1) is 13.6. The zero-order valence-electron chi connectivity index (χ0n) is 10.5. The van der Waals surface area contributed by atoms with Gasteiger partial charge in [0.25, 0.3) is 0 Å². The van der Waals surface area contributed by atoms with Gasteiger partial charge in [-0.2, -0.15) is 5.10 Å². The Labute approximate surface area is 114 Å². The van der Waals surface area contributed by atoms with Crippen LogP contribution in [-0.4, -0.2) is 43.4 Å². The molecule has 2 amide bonds. The number of carboxylic acids is 1. The first-order valence-electron chi connectivity index (χ1n) is 5.91. The summed E-state index contributed by atoms with van der Waals surface area (Å²) in [6.07, 6.45) is 6.78. The van der Waals surface area contributed by atoms with Gasteiger partial charge in [0.1, 0.15) is 12.4 Å². The smallest absolute Gasteiger partial charge is 0.325 e. The molecule has 20 heavy (non-hydrogen) atoms. The number of amides is 2. The minimum absolute atomic E-state index is 0.248. The first-order chi connectivity index (χ1) is 9.63. The van der Waals surface area contributed by atoms with Crippen molar-refractivity contribution in [3.05, 3.63) is 30.6 Å². The number of nitrogens with zero attached hydrogens (tertiary/aromatic N) is 3. The Bertz CT molecular complexity index is 577. The normalized spacial score (nSPS) is 10.2. The minimum atomic E-state index is -0.998. The molecule has 0 fully saturated rings. The van der Waals surface area contributed by atoms with Crippen LogP contribution in [0.4, 0.5) is 10.5 Å². The summed E-state index contributed by atoms with van der Waals surface area (Å²) < 4.78 is 1.22. The predicted molar refractivity (Wildman–Crippen MR) is 69.2 cm³/mol. The average molecular weight is 278 g/mol. The Hall–Kier alpha value is -2.84. The topological polar surface area (TPSA) is 125 Å². The van der Waals surface area contributed by atoms with E-state index in [1.54, 1.807) is 12.4 Å². The van der Waals surface area contributed by atoms with Gasteiger partial charge in [-0.3, -0.25) is 9.48 Å². The number of aromatic nitrogens is 4. The molecule has 0 aliphatic heterocycles. The number of aliphatic carboxylic acids is 1. The van der Waals surface area contributed by atoms with Crippen LogP contribution in [0.2, 0.25) is 0 Å². The van der Waals surface area contributed by atoms with Crippen LogP contribution in [-0.2, 0) is 17.8 Å². The molecule has 2 heterocycles. The van der Waals surface area contributed by atoms with E-state index < -0.39 is 5.97 Å². The molecule has 2 aromatic rings. The van der Waals surface area contributed by atoms with Crippen molar-refractivity contribution >= 4 is 17.7 Å². The summed E-state index contributed by atoms with van der Waals surface area (Å²) in [5.74, 6) is -0.206. The SMILES string of the molecule is O=C(O)Cn1cc(NC(=O)NCCc2ncc[nH]2)cn1. The van der Waals surface area contributed by atoms with Gasteiger partial charge in [-0.1, -0.05) is 0 Å². The van der Waals surface area contributed by atoms with Gasteiger partial charge in [-0.15, -0.1) is 0 Å². The molecular weight excluding hydrogens is 264 g/mol. The van der Waals surface area contributed by atoms with Crippen LogP contribution in [0.5, 0.6) is 0 Å². The molecule has 2 rings (SSSR count). The van der Waals surface area contributed by atoms with Crippen molar-refractivity contribution in [2.45, 2.75) is 13.0 Å². The number of nitrogens with one attached hydrogen (secondary N) is 3. The number of urea groups is 1. The van der Waals surface area contributed by atoms with Gasteiger partial charge in [0, 0.05) is 31.6 Å². The fraction of sp³-hybridized carbons (Fsp3) is 0.273. The molecule has 0 saturated carbocycles. The van der Waals surface area contributed by atoms with Gasteiger partial charge in [0.05, 0.1) is 11.9 Å². The summed E-state index contributed by atoms with van der Waals surface area (Å²) in [6, 6.07) is -0.383. The maximum atomic E-state index is 11.6. The van der Waals surface area contributed by atoms with E-state index in [1.165, 1.54) is 17.1 Å². The molecular formula is C11H14N6O3. The van der Waals surface area contributed by atoms with Crippen LogP contribution < -0.4 is 10.6 Å². The zero-order chi connectivity index (χ0) is 14.4. The molecule has 9 nitrogen and oxygen atoms in total. The van der Waals surface area contributed by atoms with Crippen LogP contribution >= 0.6 is 0 Å². The van der Waals surface area contributed by atoms with Crippen LogP contribution in [0, 0.1) is 0 Å². The van der Waals surface area contributed by atoms with Gasteiger partial charge in [-0.05, 0) is 0 Å². The van der Waals surface area contributed by atoms with E-state index >= 15 is 0 Å². The van der Waals surface area contributed by atoms with Crippen LogP contribution in [0.25, 0.3) is 0 Å². The molecule has 0 bridgehead atoms.